The molecule has 0 radical (unpaired) electrons. The van der Waals surface area contributed by atoms with Gasteiger partial charge in [-0.2, -0.15) is 0 Å². The quantitative estimate of drug-likeness (QED) is 0.798. The van der Waals surface area contributed by atoms with E-state index in [9.17, 15) is 4.79 Å². The normalized spacial score (nSPS) is 14.5. The van der Waals surface area contributed by atoms with Crippen LogP contribution in [-0.2, 0) is 19.5 Å². The number of thiophene rings is 1. The Morgan fingerprint density at radius 3 is 3.08 bits per heavy atom. The second-order valence-corrected chi connectivity index (χ2v) is 7.03. The van der Waals surface area contributed by atoms with Crippen molar-refractivity contribution in [3.63, 3.8) is 0 Å². The van der Waals surface area contributed by atoms with Gasteiger partial charge in [-0.05, 0) is 35.6 Å². The van der Waals surface area contributed by atoms with Crippen molar-refractivity contribution in [2.75, 3.05) is 6.54 Å². The fraction of sp³-hybridized carbons (Fsp3) is 0.278. The van der Waals surface area contributed by atoms with E-state index in [1.807, 2.05) is 36.0 Å². The minimum atomic E-state index is -0.0176. The van der Waals surface area contributed by atoms with E-state index in [0.717, 1.165) is 35.6 Å². The number of pyridine rings is 1. The van der Waals surface area contributed by atoms with E-state index >= 15 is 0 Å². The van der Waals surface area contributed by atoms with Gasteiger partial charge in [0.2, 0.25) is 0 Å². The molecule has 3 aromatic rings. The molecule has 0 spiro atoms. The van der Waals surface area contributed by atoms with Gasteiger partial charge in [-0.3, -0.25) is 14.7 Å². The number of fused-ring (bicyclic) bond motifs is 1. The molecule has 0 aliphatic carbocycles. The number of aromatic amines is 1. The first kappa shape index (κ1) is 15.2. The molecule has 1 aliphatic heterocycles. The van der Waals surface area contributed by atoms with Crippen LogP contribution in [0.5, 0.6) is 0 Å². The molecule has 6 heteroatoms. The fourth-order valence-electron chi connectivity index (χ4n) is 3.05. The molecule has 1 aliphatic rings. The van der Waals surface area contributed by atoms with Crippen LogP contribution in [0.3, 0.4) is 0 Å². The third-order valence-electron chi connectivity index (χ3n) is 4.44. The maximum absolute atomic E-state index is 12.5. The highest BCUT2D eigenvalue weighted by Gasteiger charge is 2.22. The highest BCUT2D eigenvalue weighted by molar-refractivity contribution is 7.13. The number of hydrogen-bond acceptors (Lipinski definition) is 5. The molecule has 0 aromatic carbocycles. The van der Waals surface area contributed by atoms with Gasteiger partial charge in [0.25, 0.3) is 5.56 Å². The second-order valence-electron chi connectivity index (χ2n) is 6.08. The van der Waals surface area contributed by atoms with Crippen LogP contribution < -0.4 is 5.56 Å². The number of rotatable bonds is 3. The minimum Gasteiger partial charge on any atom is -0.306 e. The smallest absolute Gasteiger partial charge is 0.255 e. The Labute approximate surface area is 144 Å². The van der Waals surface area contributed by atoms with Crippen molar-refractivity contribution in [1.29, 1.82) is 0 Å². The summed E-state index contributed by atoms with van der Waals surface area (Å²) in [7, 11) is 0. The third-order valence-corrected chi connectivity index (χ3v) is 5.32. The summed E-state index contributed by atoms with van der Waals surface area (Å²) < 4.78 is 0. The topological polar surface area (TPSA) is 61.9 Å². The second kappa shape index (κ2) is 6.30. The van der Waals surface area contributed by atoms with Gasteiger partial charge < -0.3 is 4.98 Å². The zero-order valence-corrected chi connectivity index (χ0v) is 14.3. The molecule has 3 aromatic heterocycles. The van der Waals surface area contributed by atoms with Crippen molar-refractivity contribution in [2.45, 2.75) is 26.4 Å². The summed E-state index contributed by atoms with van der Waals surface area (Å²) in [6.07, 6.45) is 4.52. The van der Waals surface area contributed by atoms with E-state index in [-0.39, 0.29) is 5.56 Å². The van der Waals surface area contributed by atoms with Crippen LogP contribution >= 0.6 is 11.3 Å². The molecule has 0 amide bonds. The Morgan fingerprint density at radius 2 is 2.29 bits per heavy atom. The highest BCUT2D eigenvalue weighted by atomic mass is 32.1. The van der Waals surface area contributed by atoms with Crippen LogP contribution in [0.1, 0.15) is 22.4 Å². The molecule has 0 saturated heterocycles. The summed E-state index contributed by atoms with van der Waals surface area (Å²) in [5.41, 5.74) is 4.15. The molecule has 24 heavy (non-hydrogen) atoms. The van der Waals surface area contributed by atoms with Gasteiger partial charge in [0.05, 0.1) is 16.1 Å². The number of aryl methyl sites for hydroxylation is 1. The van der Waals surface area contributed by atoms with Gasteiger partial charge in [0, 0.05) is 38.4 Å². The van der Waals surface area contributed by atoms with Gasteiger partial charge in [-0.1, -0.05) is 6.07 Å². The molecule has 122 valence electrons. The molecule has 0 fully saturated rings. The molecular weight excluding hydrogens is 320 g/mol. The predicted molar refractivity (Wildman–Crippen MR) is 95.0 cm³/mol. The van der Waals surface area contributed by atoms with E-state index < -0.39 is 0 Å². The van der Waals surface area contributed by atoms with Crippen LogP contribution in [-0.4, -0.2) is 26.4 Å². The van der Waals surface area contributed by atoms with Crippen LogP contribution in [0, 0.1) is 6.92 Å². The van der Waals surface area contributed by atoms with Crippen LogP contribution in [0.2, 0.25) is 0 Å². The predicted octanol–water partition coefficient (Wildman–Crippen LogP) is 2.76. The molecule has 0 bridgehead atoms. The van der Waals surface area contributed by atoms with Gasteiger partial charge in [0.15, 0.2) is 5.82 Å². The van der Waals surface area contributed by atoms with Crippen molar-refractivity contribution in [3.8, 4) is 10.7 Å². The number of hydrogen-bond donors (Lipinski definition) is 1. The van der Waals surface area contributed by atoms with Crippen molar-refractivity contribution in [3.05, 3.63) is 68.7 Å². The maximum atomic E-state index is 12.5. The summed E-state index contributed by atoms with van der Waals surface area (Å²) in [4.78, 5) is 27.6. The number of nitrogens with zero attached hydrogens (tertiary/aromatic N) is 3. The lowest BCUT2D eigenvalue weighted by Crippen LogP contribution is -2.35. The van der Waals surface area contributed by atoms with Crippen LogP contribution in [0.15, 0.2) is 40.8 Å². The number of nitrogens with one attached hydrogen (secondary N) is 1. The van der Waals surface area contributed by atoms with Crippen molar-refractivity contribution < 1.29 is 0 Å². The molecule has 1 N–H and O–H groups in total. The van der Waals surface area contributed by atoms with Gasteiger partial charge in [-0.15, -0.1) is 11.3 Å². The molecule has 0 unspecified atom stereocenters. The average Bonchev–Trinajstić information content (AvgIpc) is 3.12. The Morgan fingerprint density at radius 1 is 1.38 bits per heavy atom. The lowest BCUT2D eigenvalue weighted by atomic mass is 10.1. The lowest BCUT2D eigenvalue weighted by molar-refractivity contribution is 0.241. The summed E-state index contributed by atoms with van der Waals surface area (Å²) in [6.45, 7) is 4.44. The SMILES string of the molecule is Cc1ccncc1CN1CCc2nc(-c3cccs3)[nH]c(=O)c2C1. The van der Waals surface area contributed by atoms with E-state index in [0.29, 0.717) is 12.4 Å². The van der Waals surface area contributed by atoms with Crippen molar-refractivity contribution in [2.24, 2.45) is 0 Å². The fourth-order valence-corrected chi connectivity index (χ4v) is 3.72. The van der Waals surface area contributed by atoms with Gasteiger partial charge in [-0.25, -0.2) is 4.98 Å². The van der Waals surface area contributed by atoms with E-state index in [4.69, 9.17) is 4.98 Å². The van der Waals surface area contributed by atoms with Gasteiger partial charge in [0.1, 0.15) is 0 Å². The zero-order chi connectivity index (χ0) is 16.5. The van der Waals surface area contributed by atoms with Crippen molar-refractivity contribution in [1.82, 2.24) is 19.9 Å². The Kier molecular flexibility index (Phi) is 4.00. The largest absolute Gasteiger partial charge is 0.306 e. The first-order chi connectivity index (χ1) is 11.7. The number of aromatic nitrogens is 3. The molecule has 0 atom stereocenters. The van der Waals surface area contributed by atoms with E-state index in [1.165, 1.54) is 11.1 Å². The van der Waals surface area contributed by atoms with E-state index in [1.54, 1.807) is 11.3 Å². The summed E-state index contributed by atoms with van der Waals surface area (Å²) in [6, 6.07) is 5.97. The van der Waals surface area contributed by atoms with E-state index in [2.05, 4.69) is 21.8 Å². The Balaban J connectivity index is 1.60. The first-order valence-corrected chi connectivity index (χ1v) is 8.86. The molecule has 4 rings (SSSR count). The first-order valence-electron chi connectivity index (χ1n) is 7.98. The zero-order valence-electron chi connectivity index (χ0n) is 13.5. The van der Waals surface area contributed by atoms with Crippen molar-refractivity contribution >= 4 is 11.3 Å². The maximum Gasteiger partial charge on any atom is 0.255 e. The third kappa shape index (κ3) is 2.90. The van der Waals surface area contributed by atoms with Crippen LogP contribution in [0.25, 0.3) is 10.7 Å². The minimum absolute atomic E-state index is 0.0176. The molecule has 5 nitrogen and oxygen atoms in total. The molecule has 0 saturated carbocycles. The lowest BCUT2D eigenvalue weighted by Gasteiger charge is -2.28. The standard InChI is InChI=1S/C18H18N4OS/c1-12-4-6-19-9-13(12)10-22-7-5-15-14(11-22)18(23)21-17(20-15)16-3-2-8-24-16/h2-4,6,8-9H,5,7,10-11H2,1H3,(H,20,21,23). The summed E-state index contributed by atoms with van der Waals surface area (Å²) >= 11 is 1.59. The van der Waals surface area contributed by atoms with Gasteiger partial charge >= 0.3 is 0 Å². The Bertz CT molecular complexity index is 917. The average molecular weight is 338 g/mol. The summed E-state index contributed by atoms with van der Waals surface area (Å²) in [5.74, 6) is 0.685. The summed E-state index contributed by atoms with van der Waals surface area (Å²) in [5, 5.41) is 1.99. The highest BCUT2D eigenvalue weighted by Crippen LogP contribution is 2.23. The number of H-pyrrole nitrogens is 1. The molecular formula is C18H18N4OS. The van der Waals surface area contributed by atoms with Crippen LogP contribution in [0.4, 0.5) is 0 Å². The Hall–Kier alpha value is -2.31. The molecule has 4 heterocycles. The monoisotopic (exact) mass is 338 g/mol.